The van der Waals surface area contributed by atoms with Gasteiger partial charge in [-0.2, -0.15) is 0 Å². The number of rotatable bonds is 6. The zero-order valence-electron chi connectivity index (χ0n) is 19.1. The van der Waals surface area contributed by atoms with Crippen molar-refractivity contribution >= 4 is 15.9 Å². The fraction of sp³-hybridized carbons (Fsp3) is 0.458. The van der Waals surface area contributed by atoms with Crippen molar-refractivity contribution in [2.24, 2.45) is 11.8 Å². The lowest BCUT2D eigenvalue weighted by Crippen LogP contribution is -2.62. The minimum absolute atomic E-state index is 0.00543. The van der Waals surface area contributed by atoms with Gasteiger partial charge in [-0.15, -0.1) is 0 Å². The third kappa shape index (κ3) is 5.13. The van der Waals surface area contributed by atoms with Crippen molar-refractivity contribution in [3.63, 3.8) is 0 Å². The Morgan fingerprint density at radius 3 is 2.41 bits per heavy atom. The number of aliphatic hydroxyl groups is 1. The summed E-state index contributed by atoms with van der Waals surface area (Å²) >= 11 is 0. The highest BCUT2D eigenvalue weighted by molar-refractivity contribution is 7.88. The summed E-state index contributed by atoms with van der Waals surface area (Å²) in [6, 6.07) is 5.77. The molecule has 2 N–H and O–H groups in total. The van der Waals surface area contributed by atoms with Gasteiger partial charge in [-0.25, -0.2) is 26.3 Å². The second kappa shape index (κ2) is 8.66. The summed E-state index contributed by atoms with van der Waals surface area (Å²) in [7, 11) is -3.64. The Balaban J connectivity index is 1.74. The lowest BCUT2D eigenvalue weighted by molar-refractivity contribution is -0.152. The summed E-state index contributed by atoms with van der Waals surface area (Å²) in [5.74, 6) is -2.88. The summed E-state index contributed by atoms with van der Waals surface area (Å²) in [5.41, 5.74) is -1.52. The van der Waals surface area contributed by atoms with Crippen LogP contribution in [-0.2, 0) is 21.2 Å². The lowest BCUT2D eigenvalue weighted by atomic mass is 9.88. The monoisotopic (exact) mass is 496 g/mol. The summed E-state index contributed by atoms with van der Waals surface area (Å²) < 4.78 is 69.8. The minimum Gasteiger partial charge on any atom is -0.381 e. The molecule has 4 rings (SSSR count). The standard InChI is InChI=1S/C24H27F3N2O4S/c1-24(2,31)23(30)29-12-15-9-19(15)22(28-34(3,32)33)20(29)10-13-5-4-6-18(21(13)27)14-7-16(25)11-17(26)8-14/h4-8,11,15,19-20,22,28,31H,9-10,12H2,1-3H3. The summed E-state index contributed by atoms with van der Waals surface area (Å²) in [6.07, 6.45) is 1.69. The van der Waals surface area contributed by atoms with Gasteiger partial charge in [-0.1, -0.05) is 18.2 Å². The van der Waals surface area contributed by atoms with Gasteiger partial charge in [0, 0.05) is 24.2 Å². The third-order valence-corrected chi connectivity index (χ3v) is 7.20. The normalized spacial score (nSPS) is 24.6. The number of carbonyl (C=O) groups excluding carboxylic acids is 1. The number of hydrogen-bond donors (Lipinski definition) is 2. The predicted molar refractivity (Wildman–Crippen MR) is 121 cm³/mol. The van der Waals surface area contributed by atoms with Gasteiger partial charge in [-0.05, 0) is 61.8 Å². The fourth-order valence-corrected chi connectivity index (χ4v) is 5.74. The number of nitrogens with zero attached hydrogens (tertiary/aromatic N) is 1. The molecule has 1 saturated heterocycles. The van der Waals surface area contributed by atoms with Crippen LogP contribution < -0.4 is 4.72 Å². The number of halogens is 3. The largest absolute Gasteiger partial charge is 0.381 e. The van der Waals surface area contributed by atoms with Crippen LogP contribution in [0.4, 0.5) is 13.2 Å². The molecule has 1 amide bonds. The van der Waals surface area contributed by atoms with Crippen LogP contribution in [0.1, 0.15) is 25.8 Å². The van der Waals surface area contributed by atoms with Crippen LogP contribution in [-0.4, -0.2) is 54.8 Å². The first-order valence-corrected chi connectivity index (χ1v) is 12.9. The van der Waals surface area contributed by atoms with E-state index in [4.69, 9.17) is 0 Å². The Bertz CT molecular complexity index is 1210. The highest BCUT2D eigenvalue weighted by Crippen LogP contribution is 2.48. The molecule has 4 unspecified atom stereocenters. The van der Waals surface area contributed by atoms with E-state index in [-0.39, 0.29) is 34.9 Å². The van der Waals surface area contributed by atoms with Crippen LogP contribution in [0.15, 0.2) is 36.4 Å². The van der Waals surface area contributed by atoms with E-state index in [0.29, 0.717) is 19.0 Å². The number of amides is 1. The van der Waals surface area contributed by atoms with Crippen molar-refractivity contribution in [3.05, 3.63) is 59.4 Å². The first kappa shape index (κ1) is 24.7. The minimum atomic E-state index is -3.64. The smallest absolute Gasteiger partial charge is 0.254 e. The number of piperidine rings is 1. The van der Waals surface area contributed by atoms with Gasteiger partial charge in [-0.3, -0.25) is 4.79 Å². The van der Waals surface area contributed by atoms with Crippen molar-refractivity contribution in [2.45, 2.75) is 44.4 Å². The zero-order valence-corrected chi connectivity index (χ0v) is 19.9. The maximum absolute atomic E-state index is 15.6. The van der Waals surface area contributed by atoms with E-state index in [1.165, 1.54) is 30.9 Å². The molecule has 2 aromatic carbocycles. The van der Waals surface area contributed by atoms with Crippen molar-refractivity contribution in [2.75, 3.05) is 12.8 Å². The van der Waals surface area contributed by atoms with Crippen LogP contribution in [0.5, 0.6) is 0 Å². The van der Waals surface area contributed by atoms with Gasteiger partial charge < -0.3 is 10.0 Å². The molecule has 2 aromatic rings. The van der Waals surface area contributed by atoms with Crippen LogP contribution in [0.25, 0.3) is 11.1 Å². The molecule has 0 spiro atoms. The van der Waals surface area contributed by atoms with E-state index in [0.717, 1.165) is 18.4 Å². The van der Waals surface area contributed by atoms with E-state index < -0.39 is 51.1 Å². The van der Waals surface area contributed by atoms with Crippen LogP contribution in [0.3, 0.4) is 0 Å². The van der Waals surface area contributed by atoms with E-state index in [1.54, 1.807) is 6.07 Å². The SMILES string of the molecule is CC(C)(O)C(=O)N1CC2CC2C(NS(C)(=O)=O)C1Cc1cccc(-c2cc(F)cc(F)c2)c1F. The fourth-order valence-electron chi connectivity index (χ4n) is 4.92. The van der Waals surface area contributed by atoms with E-state index >= 15 is 4.39 Å². The molecule has 0 aromatic heterocycles. The molecule has 1 saturated carbocycles. The lowest BCUT2D eigenvalue weighted by Gasteiger charge is -2.43. The van der Waals surface area contributed by atoms with E-state index in [9.17, 15) is 27.1 Å². The molecule has 1 heterocycles. The average molecular weight is 497 g/mol. The molecule has 34 heavy (non-hydrogen) atoms. The van der Waals surface area contributed by atoms with Crippen LogP contribution in [0.2, 0.25) is 0 Å². The second-order valence-electron chi connectivity index (χ2n) is 9.80. The van der Waals surface area contributed by atoms with Crippen LogP contribution >= 0.6 is 0 Å². The number of nitrogens with one attached hydrogen (secondary N) is 1. The maximum atomic E-state index is 15.6. The number of carbonyl (C=O) groups is 1. The zero-order chi connectivity index (χ0) is 25.0. The third-order valence-electron chi connectivity index (χ3n) is 6.50. The number of sulfonamides is 1. The highest BCUT2D eigenvalue weighted by Gasteiger charge is 2.55. The molecule has 2 fully saturated rings. The van der Waals surface area contributed by atoms with Crippen LogP contribution in [0, 0.1) is 29.3 Å². The molecule has 6 nitrogen and oxygen atoms in total. The Kier molecular flexibility index (Phi) is 6.28. The molecular weight excluding hydrogens is 469 g/mol. The number of likely N-dealkylation sites (tertiary alicyclic amines) is 1. The van der Waals surface area contributed by atoms with Crippen molar-refractivity contribution in [3.8, 4) is 11.1 Å². The molecule has 0 bridgehead atoms. The molecule has 10 heteroatoms. The predicted octanol–water partition coefficient (Wildman–Crippen LogP) is 2.85. The molecule has 0 radical (unpaired) electrons. The van der Waals surface area contributed by atoms with Gasteiger partial charge in [0.05, 0.1) is 12.3 Å². The quantitative estimate of drug-likeness (QED) is 0.644. The maximum Gasteiger partial charge on any atom is 0.254 e. The Morgan fingerprint density at radius 2 is 1.82 bits per heavy atom. The number of fused-ring (bicyclic) bond motifs is 1. The Hall–Kier alpha value is -2.43. The highest BCUT2D eigenvalue weighted by atomic mass is 32.2. The molecule has 2 aliphatic rings. The number of hydrogen-bond acceptors (Lipinski definition) is 4. The Labute approximate surface area is 196 Å². The topological polar surface area (TPSA) is 86.7 Å². The average Bonchev–Trinajstić information content (AvgIpc) is 3.47. The molecular formula is C24H27F3N2O4S. The summed E-state index contributed by atoms with van der Waals surface area (Å²) in [4.78, 5) is 14.5. The first-order valence-electron chi connectivity index (χ1n) is 11.0. The van der Waals surface area contributed by atoms with Gasteiger partial charge >= 0.3 is 0 Å². The summed E-state index contributed by atoms with van der Waals surface area (Å²) in [5, 5.41) is 10.4. The first-order chi connectivity index (χ1) is 15.7. The van der Waals surface area contributed by atoms with Crippen molar-refractivity contribution < 1.29 is 31.5 Å². The van der Waals surface area contributed by atoms with Crippen molar-refractivity contribution in [1.82, 2.24) is 9.62 Å². The van der Waals surface area contributed by atoms with Gasteiger partial charge in [0.15, 0.2) is 0 Å². The summed E-state index contributed by atoms with van der Waals surface area (Å²) in [6.45, 7) is 3.03. The second-order valence-corrected chi connectivity index (χ2v) is 11.6. The molecule has 1 aliphatic carbocycles. The number of benzene rings is 2. The molecule has 4 atom stereocenters. The van der Waals surface area contributed by atoms with E-state index in [1.807, 2.05) is 0 Å². The van der Waals surface area contributed by atoms with Crippen molar-refractivity contribution in [1.29, 1.82) is 0 Å². The molecule has 184 valence electrons. The van der Waals surface area contributed by atoms with Gasteiger partial charge in [0.2, 0.25) is 10.0 Å². The van der Waals surface area contributed by atoms with Gasteiger partial charge in [0.1, 0.15) is 23.1 Å². The Morgan fingerprint density at radius 1 is 1.18 bits per heavy atom. The van der Waals surface area contributed by atoms with E-state index in [2.05, 4.69) is 4.72 Å². The molecule has 1 aliphatic heterocycles. The van der Waals surface area contributed by atoms with Gasteiger partial charge in [0.25, 0.3) is 5.91 Å².